The molecule has 26 heavy (non-hydrogen) atoms. The predicted octanol–water partition coefficient (Wildman–Crippen LogP) is 1.74. The van der Waals surface area contributed by atoms with E-state index in [1.54, 1.807) is 0 Å². The van der Waals surface area contributed by atoms with Crippen molar-refractivity contribution in [1.29, 1.82) is 0 Å². The molecule has 1 saturated heterocycles. The Morgan fingerprint density at radius 2 is 2.04 bits per heavy atom. The monoisotopic (exact) mass is 474 g/mol. The van der Waals surface area contributed by atoms with Gasteiger partial charge >= 0.3 is 0 Å². The molecule has 2 aliphatic rings. The van der Waals surface area contributed by atoms with Crippen LogP contribution in [0.4, 0.5) is 0 Å². The van der Waals surface area contributed by atoms with Gasteiger partial charge in [-0.2, -0.15) is 0 Å². The number of nitrogens with zero attached hydrogens (tertiary/aromatic N) is 2. The molecule has 7 heteroatoms. The highest BCUT2D eigenvalue weighted by Gasteiger charge is 2.22. The number of aliphatic imine (C=N–C) groups is 1. The Balaban J connectivity index is 0.00000243. The topological polar surface area (TPSA) is 58.1 Å². The summed E-state index contributed by atoms with van der Waals surface area (Å²) in [5, 5.41) is 6.81. The SMILES string of the molecule is CN=C(NCC(C)CN1CCOCC1)NCC1Cc2ccccc2O1.I. The average Bonchev–Trinajstić information content (AvgIpc) is 3.05. The fourth-order valence-corrected chi connectivity index (χ4v) is 3.36. The maximum Gasteiger partial charge on any atom is 0.191 e. The minimum Gasteiger partial charge on any atom is -0.488 e. The summed E-state index contributed by atoms with van der Waals surface area (Å²) >= 11 is 0. The van der Waals surface area contributed by atoms with Crippen molar-refractivity contribution in [3.05, 3.63) is 29.8 Å². The summed E-state index contributed by atoms with van der Waals surface area (Å²) in [5.41, 5.74) is 1.29. The lowest BCUT2D eigenvalue weighted by Gasteiger charge is -2.29. The number of hydrogen-bond acceptors (Lipinski definition) is 4. The molecular weight excluding hydrogens is 443 g/mol. The van der Waals surface area contributed by atoms with E-state index in [0.29, 0.717) is 5.92 Å². The van der Waals surface area contributed by atoms with Gasteiger partial charge in [0.2, 0.25) is 0 Å². The van der Waals surface area contributed by atoms with Crippen molar-refractivity contribution in [2.24, 2.45) is 10.9 Å². The molecule has 1 fully saturated rings. The zero-order valence-corrected chi connectivity index (χ0v) is 18.1. The third-order valence-corrected chi connectivity index (χ3v) is 4.73. The van der Waals surface area contributed by atoms with Crippen LogP contribution in [0.15, 0.2) is 29.3 Å². The molecule has 2 atom stereocenters. The number of morpholine rings is 1. The normalized spacial score (nSPS) is 21.3. The van der Waals surface area contributed by atoms with E-state index in [4.69, 9.17) is 9.47 Å². The molecule has 6 nitrogen and oxygen atoms in total. The van der Waals surface area contributed by atoms with Gasteiger partial charge in [-0.25, -0.2) is 0 Å². The van der Waals surface area contributed by atoms with Crippen LogP contribution in [0.2, 0.25) is 0 Å². The third-order valence-electron chi connectivity index (χ3n) is 4.73. The van der Waals surface area contributed by atoms with Crippen LogP contribution in [0.1, 0.15) is 12.5 Å². The van der Waals surface area contributed by atoms with Gasteiger partial charge in [-0.1, -0.05) is 25.1 Å². The zero-order valence-electron chi connectivity index (χ0n) is 15.7. The van der Waals surface area contributed by atoms with Gasteiger partial charge in [0.1, 0.15) is 11.9 Å². The van der Waals surface area contributed by atoms with Gasteiger partial charge in [0, 0.05) is 39.6 Å². The summed E-state index contributed by atoms with van der Waals surface area (Å²) in [7, 11) is 1.81. The lowest BCUT2D eigenvalue weighted by Crippen LogP contribution is -2.45. The predicted molar refractivity (Wildman–Crippen MR) is 116 cm³/mol. The average molecular weight is 474 g/mol. The zero-order chi connectivity index (χ0) is 17.5. The Morgan fingerprint density at radius 3 is 2.77 bits per heavy atom. The number of nitrogens with one attached hydrogen (secondary N) is 2. The van der Waals surface area contributed by atoms with Gasteiger partial charge in [0.25, 0.3) is 0 Å². The van der Waals surface area contributed by atoms with Crippen molar-refractivity contribution in [3.63, 3.8) is 0 Å². The smallest absolute Gasteiger partial charge is 0.191 e. The van der Waals surface area contributed by atoms with E-state index >= 15 is 0 Å². The number of para-hydroxylation sites is 1. The fourth-order valence-electron chi connectivity index (χ4n) is 3.36. The van der Waals surface area contributed by atoms with E-state index in [0.717, 1.165) is 64.1 Å². The number of benzene rings is 1. The van der Waals surface area contributed by atoms with E-state index in [1.165, 1.54) is 5.56 Å². The highest BCUT2D eigenvalue weighted by molar-refractivity contribution is 14.0. The molecule has 0 aromatic heterocycles. The lowest BCUT2D eigenvalue weighted by atomic mass is 10.1. The molecule has 146 valence electrons. The number of halogens is 1. The molecule has 2 aliphatic heterocycles. The maximum absolute atomic E-state index is 5.96. The third kappa shape index (κ3) is 6.28. The minimum atomic E-state index is 0. The van der Waals surface area contributed by atoms with Crippen LogP contribution in [0.5, 0.6) is 5.75 Å². The van der Waals surface area contributed by atoms with Crippen LogP contribution in [0, 0.1) is 5.92 Å². The molecule has 2 N–H and O–H groups in total. The van der Waals surface area contributed by atoms with Crippen molar-refractivity contribution in [2.75, 3.05) is 53.0 Å². The Hall–Kier alpha value is -1.06. The van der Waals surface area contributed by atoms with Crippen LogP contribution >= 0.6 is 24.0 Å². The molecular formula is C19H31IN4O2. The molecule has 1 aromatic carbocycles. The molecule has 0 aliphatic carbocycles. The van der Waals surface area contributed by atoms with Gasteiger partial charge in [-0.15, -0.1) is 24.0 Å². The molecule has 0 saturated carbocycles. The van der Waals surface area contributed by atoms with Crippen LogP contribution in [-0.2, 0) is 11.2 Å². The number of fused-ring (bicyclic) bond motifs is 1. The van der Waals surface area contributed by atoms with Crippen LogP contribution < -0.4 is 15.4 Å². The first-order valence-corrected chi connectivity index (χ1v) is 9.24. The standard InChI is InChI=1S/C19H30N4O2.HI/c1-15(14-23-7-9-24-10-8-23)12-21-19(20-2)22-13-17-11-16-5-3-4-6-18(16)25-17;/h3-6,15,17H,7-14H2,1-2H3,(H2,20,21,22);1H. The first kappa shape index (κ1) is 21.2. The number of hydrogen-bond donors (Lipinski definition) is 2. The van der Waals surface area contributed by atoms with Crippen LogP contribution in [0.25, 0.3) is 0 Å². The second-order valence-corrected chi connectivity index (χ2v) is 6.90. The number of guanidine groups is 1. The Morgan fingerprint density at radius 1 is 1.27 bits per heavy atom. The van der Waals surface area contributed by atoms with Crippen molar-refractivity contribution in [3.8, 4) is 5.75 Å². The van der Waals surface area contributed by atoms with Gasteiger partial charge in [0.15, 0.2) is 5.96 Å². The summed E-state index contributed by atoms with van der Waals surface area (Å²) in [6.07, 6.45) is 1.12. The second-order valence-electron chi connectivity index (χ2n) is 6.90. The van der Waals surface area contributed by atoms with Crippen molar-refractivity contribution in [2.45, 2.75) is 19.4 Å². The van der Waals surface area contributed by atoms with Gasteiger partial charge < -0.3 is 20.1 Å². The molecule has 0 bridgehead atoms. The highest BCUT2D eigenvalue weighted by Crippen LogP contribution is 2.27. The van der Waals surface area contributed by atoms with E-state index in [1.807, 2.05) is 19.2 Å². The van der Waals surface area contributed by atoms with Crippen molar-refractivity contribution in [1.82, 2.24) is 15.5 Å². The summed E-state index contributed by atoms with van der Waals surface area (Å²) < 4.78 is 11.4. The first-order chi connectivity index (χ1) is 12.2. The molecule has 0 spiro atoms. The molecule has 1 aromatic rings. The van der Waals surface area contributed by atoms with Gasteiger partial charge in [-0.05, 0) is 17.5 Å². The summed E-state index contributed by atoms with van der Waals surface area (Å²) in [5.74, 6) is 2.41. The van der Waals surface area contributed by atoms with Gasteiger partial charge in [-0.3, -0.25) is 9.89 Å². The van der Waals surface area contributed by atoms with E-state index in [9.17, 15) is 0 Å². The van der Waals surface area contributed by atoms with Crippen molar-refractivity contribution >= 4 is 29.9 Å². The highest BCUT2D eigenvalue weighted by atomic mass is 127. The lowest BCUT2D eigenvalue weighted by molar-refractivity contribution is 0.0320. The summed E-state index contributed by atoms with van der Waals surface area (Å²) in [6.45, 7) is 8.81. The second kappa shape index (κ2) is 10.9. The Kier molecular flexibility index (Phi) is 8.94. The largest absolute Gasteiger partial charge is 0.488 e. The van der Waals surface area contributed by atoms with Crippen molar-refractivity contribution < 1.29 is 9.47 Å². The van der Waals surface area contributed by atoms with E-state index < -0.39 is 0 Å². The maximum atomic E-state index is 5.96. The quantitative estimate of drug-likeness (QED) is 0.374. The molecule has 0 amide bonds. The molecule has 2 heterocycles. The summed E-state index contributed by atoms with van der Waals surface area (Å²) in [6, 6.07) is 8.25. The van der Waals surface area contributed by atoms with Gasteiger partial charge in [0.05, 0.1) is 19.8 Å². The van der Waals surface area contributed by atoms with E-state index in [2.05, 4.69) is 39.6 Å². The van der Waals surface area contributed by atoms with Crippen LogP contribution in [0.3, 0.4) is 0 Å². The van der Waals surface area contributed by atoms with Crippen LogP contribution in [-0.4, -0.2) is 69.9 Å². The number of ether oxygens (including phenoxy) is 2. The Bertz CT molecular complexity index is 553. The first-order valence-electron chi connectivity index (χ1n) is 9.24. The van der Waals surface area contributed by atoms with E-state index in [-0.39, 0.29) is 30.1 Å². The molecule has 2 unspecified atom stereocenters. The molecule has 3 rings (SSSR count). The number of rotatable bonds is 6. The Labute approximate surface area is 173 Å². The minimum absolute atomic E-state index is 0. The molecule has 0 radical (unpaired) electrons. The fraction of sp³-hybridized carbons (Fsp3) is 0.632. The summed E-state index contributed by atoms with van der Waals surface area (Å²) in [4.78, 5) is 6.79.